The highest BCUT2D eigenvalue weighted by Gasteiger charge is 1.96. The van der Waals surface area contributed by atoms with Gasteiger partial charge in [-0.15, -0.1) is 0 Å². The number of nitriles is 1. The molecule has 0 fully saturated rings. The molecule has 1 aromatic heterocycles. The lowest BCUT2D eigenvalue weighted by atomic mass is 10.1. The third-order valence-electron chi connectivity index (χ3n) is 1.32. The van der Waals surface area contributed by atoms with Gasteiger partial charge in [0.15, 0.2) is 0 Å². The minimum Gasteiger partial charge on any atom is -0.257 e. The van der Waals surface area contributed by atoms with Crippen LogP contribution in [0.1, 0.15) is 12.1 Å². The van der Waals surface area contributed by atoms with Gasteiger partial charge in [0.2, 0.25) is 0 Å². The molecule has 0 spiro atoms. The summed E-state index contributed by atoms with van der Waals surface area (Å²) in [4.78, 5) is 4.05. The summed E-state index contributed by atoms with van der Waals surface area (Å²) in [6, 6.07) is 7.59. The lowest BCUT2D eigenvalue weighted by Crippen LogP contribution is -1.84. The summed E-state index contributed by atoms with van der Waals surface area (Å²) in [6.07, 6.45) is 2.04. The van der Waals surface area contributed by atoms with Gasteiger partial charge in [-0.3, -0.25) is 4.98 Å². The largest absolute Gasteiger partial charge is 0.257 e. The average Bonchev–Trinajstić information content (AvgIpc) is 2.07. The van der Waals surface area contributed by atoms with Crippen LogP contribution >= 0.6 is 0 Å². The zero-order valence-electron chi connectivity index (χ0n) is 6.12. The zero-order chi connectivity index (χ0) is 8.10. The summed E-state index contributed by atoms with van der Waals surface area (Å²) in [5.74, 6) is 0. The monoisotopic (exact) mass is 144 g/mol. The summed E-state index contributed by atoms with van der Waals surface area (Å²) < 4.78 is 0. The number of nitrogens with zero attached hydrogens (tertiary/aromatic N) is 2. The highest BCUT2D eigenvalue weighted by molar-refractivity contribution is 5.61. The smallest absolute Gasteiger partial charge is 0.0670 e. The molecule has 0 aliphatic rings. The van der Waals surface area contributed by atoms with Crippen molar-refractivity contribution in [3.63, 3.8) is 0 Å². The van der Waals surface area contributed by atoms with E-state index in [2.05, 4.69) is 11.6 Å². The predicted octanol–water partition coefficient (Wildman–Crippen LogP) is 2.01. The van der Waals surface area contributed by atoms with Crippen LogP contribution in [0.4, 0.5) is 0 Å². The fourth-order valence-corrected chi connectivity index (χ4v) is 0.758. The second kappa shape index (κ2) is 3.52. The first-order valence-electron chi connectivity index (χ1n) is 3.30. The number of rotatable bonds is 2. The first kappa shape index (κ1) is 7.49. The second-order valence-electron chi connectivity index (χ2n) is 2.15. The molecule has 1 rings (SSSR count). The molecule has 11 heavy (non-hydrogen) atoms. The van der Waals surface area contributed by atoms with Gasteiger partial charge in [-0.05, 0) is 17.7 Å². The van der Waals surface area contributed by atoms with Gasteiger partial charge in [0.05, 0.1) is 18.2 Å². The first-order valence-corrected chi connectivity index (χ1v) is 3.30. The molecule has 0 N–H and O–H groups in total. The molecule has 0 unspecified atom stereocenters. The van der Waals surface area contributed by atoms with Crippen molar-refractivity contribution in [3.05, 3.63) is 36.7 Å². The maximum absolute atomic E-state index is 8.36. The highest BCUT2D eigenvalue weighted by Crippen LogP contribution is 2.10. The molecule has 0 aliphatic carbocycles. The predicted molar refractivity (Wildman–Crippen MR) is 43.5 cm³/mol. The van der Waals surface area contributed by atoms with Gasteiger partial charge in [-0.25, -0.2) is 0 Å². The molecule has 0 aliphatic heterocycles. The Morgan fingerprint density at radius 3 is 3.00 bits per heavy atom. The second-order valence-corrected chi connectivity index (χ2v) is 2.15. The molecule has 54 valence electrons. The van der Waals surface area contributed by atoms with Crippen molar-refractivity contribution in [3.8, 4) is 6.07 Å². The Bertz CT molecular complexity index is 282. The fraction of sp³-hybridized carbons (Fsp3) is 0.111. The Labute approximate surface area is 65.8 Å². The lowest BCUT2D eigenvalue weighted by molar-refractivity contribution is 1.24. The van der Waals surface area contributed by atoms with Crippen molar-refractivity contribution >= 4 is 5.57 Å². The molecule has 0 saturated carbocycles. The van der Waals surface area contributed by atoms with E-state index in [4.69, 9.17) is 5.26 Å². The van der Waals surface area contributed by atoms with E-state index in [0.717, 1.165) is 11.3 Å². The fourth-order valence-electron chi connectivity index (χ4n) is 0.758. The Morgan fingerprint density at radius 2 is 2.45 bits per heavy atom. The van der Waals surface area contributed by atoms with Gasteiger partial charge >= 0.3 is 0 Å². The van der Waals surface area contributed by atoms with Crippen LogP contribution < -0.4 is 0 Å². The normalized spacial score (nSPS) is 8.64. The summed E-state index contributed by atoms with van der Waals surface area (Å²) in [5.41, 5.74) is 1.57. The molecular weight excluding hydrogens is 136 g/mol. The van der Waals surface area contributed by atoms with Crippen molar-refractivity contribution in [2.45, 2.75) is 6.42 Å². The molecule has 2 nitrogen and oxygen atoms in total. The SMILES string of the molecule is C=C(CC#N)c1ccccn1. The van der Waals surface area contributed by atoms with E-state index in [1.165, 1.54) is 0 Å². The van der Waals surface area contributed by atoms with Gasteiger partial charge < -0.3 is 0 Å². The Kier molecular flexibility index (Phi) is 2.40. The van der Waals surface area contributed by atoms with E-state index < -0.39 is 0 Å². The van der Waals surface area contributed by atoms with Gasteiger partial charge in [0.1, 0.15) is 0 Å². The maximum atomic E-state index is 8.36. The van der Waals surface area contributed by atoms with Crippen molar-refractivity contribution in [1.29, 1.82) is 5.26 Å². The van der Waals surface area contributed by atoms with E-state index in [9.17, 15) is 0 Å². The van der Waals surface area contributed by atoms with E-state index in [1.54, 1.807) is 6.20 Å². The molecular formula is C9H8N2. The molecule has 1 heterocycles. The van der Waals surface area contributed by atoms with Crippen LogP contribution in [0.2, 0.25) is 0 Å². The number of aromatic nitrogens is 1. The molecule has 0 saturated heterocycles. The quantitative estimate of drug-likeness (QED) is 0.636. The molecule has 0 atom stereocenters. The van der Waals surface area contributed by atoms with Gasteiger partial charge in [0, 0.05) is 6.20 Å². The number of allylic oxidation sites excluding steroid dienone is 1. The topological polar surface area (TPSA) is 36.7 Å². The van der Waals surface area contributed by atoms with Crippen molar-refractivity contribution < 1.29 is 0 Å². The number of hydrogen-bond acceptors (Lipinski definition) is 2. The van der Waals surface area contributed by atoms with Gasteiger partial charge in [-0.1, -0.05) is 12.6 Å². The van der Waals surface area contributed by atoms with Crippen molar-refractivity contribution in [2.75, 3.05) is 0 Å². The number of hydrogen-bond donors (Lipinski definition) is 0. The standard InChI is InChI=1S/C9H8N2/c1-8(5-6-10)9-4-2-3-7-11-9/h2-4,7H,1,5H2. The van der Waals surface area contributed by atoms with Crippen LogP contribution in [-0.4, -0.2) is 4.98 Å². The van der Waals surface area contributed by atoms with Crippen molar-refractivity contribution in [2.24, 2.45) is 0 Å². The molecule has 1 aromatic rings. The summed E-state index contributed by atoms with van der Waals surface area (Å²) >= 11 is 0. The zero-order valence-corrected chi connectivity index (χ0v) is 6.12. The number of pyridine rings is 1. The third-order valence-corrected chi connectivity index (χ3v) is 1.32. The van der Waals surface area contributed by atoms with Crippen LogP contribution in [0.15, 0.2) is 31.0 Å². The molecule has 0 radical (unpaired) electrons. The van der Waals surface area contributed by atoms with Crippen LogP contribution in [0.25, 0.3) is 5.57 Å². The van der Waals surface area contributed by atoms with Gasteiger partial charge in [-0.2, -0.15) is 5.26 Å². The van der Waals surface area contributed by atoms with Crippen LogP contribution in [0.3, 0.4) is 0 Å². The highest BCUT2D eigenvalue weighted by atomic mass is 14.7. The van der Waals surface area contributed by atoms with E-state index in [0.29, 0.717) is 6.42 Å². The Hall–Kier alpha value is -1.62. The van der Waals surface area contributed by atoms with Crippen LogP contribution in [0, 0.1) is 11.3 Å². The van der Waals surface area contributed by atoms with Gasteiger partial charge in [0.25, 0.3) is 0 Å². The van der Waals surface area contributed by atoms with Crippen LogP contribution in [0.5, 0.6) is 0 Å². The average molecular weight is 144 g/mol. The molecule has 0 aromatic carbocycles. The van der Waals surface area contributed by atoms with E-state index >= 15 is 0 Å². The van der Waals surface area contributed by atoms with E-state index in [1.807, 2.05) is 24.3 Å². The molecule has 2 heteroatoms. The minimum absolute atomic E-state index is 0.344. The molecule has 0 amide bonds. The van der Waals surface area contributed by atoms with Crippen molar-refractivity contribution in [1.82, 2.24) is 4.98 Å². The van der Waals surface area contributed by atoms with E-state index in [-0.39, 0.29) is 0 Å². The summed E-state index contributed by atoms with van der Waals surface area (Å²) in [6.45, 7) is 3.73. The minimum atomic E-state index is 0.344. The third kappa shape index (κ3) is 1.91. The van der Waals surface area contributed by atoms with Crippen LogP contribution in [-0.2, 0) is 0 Å². The Morgan fingerprint density at radius 1 is 1.64 bits per heavy atom. The molecule has 0 bridgehead atoms. The lowest BCUT2D eigenvalue weighted by Gasteiger charge is -1.96. The summed E-state index contributed by atoms with van der Waals surface area (Å²) in [7, 11) is 0. The summed E-state index contributed by atoms with van der Waals surface area (Å²) in [5, 5.41) is 8.36. The maximum Gasteiger partial charge on any atom is 0.0670 e. The first-order chi connectivity index (χ1) is 5.34. The Balaban J connectivity index is 2.79.